The maximum Gasteiger partial charge on any atom is 0.187 e. The molecule has 4 heteroatoms. The van der Waals surface area contributed by atoms with Crippen LogP contribution in [0.3, 0.4) is 0 Å². The van der Waals surface area contributed by atoms with Crippen LogP contribution in [0.5, 0.6) is 0 Å². The smallest absolute Gasteiger partial charge is 0.187 e. The zero-order valence-corrected chi connectivity index (χ0v) is 12.9. The highest BCUT2D eigenvalue weighted by Gasteiger charge is 2.15. The van der Waals surface area contributed by atoms with E-state index in [1.807, 2.05) is 24.2 Å². The Balaban J connectivity index is 1.71. The van der Waals surface area contributed by atoms with Gasteiger partial charge in [-0.05, 0) is 31.2 Å². The van der Waals surface area contributed by atoms with Crippen molar-refractivity contribution in [2.75, 3.05) is 12.3 Å². The van der Waals surface area contributed by atoms with Crippen LogP contribution in [0, 0.1) is 11.8 Å². The second kappa shape index (κ2) is 7.85. The summed E-state index contributed by atoms with van der Waals surface area (Å²) in [6.07, 6.45) is 9.52. The van der Waals surface area contributed by atoms with Crippen molar-refractivity contribution in [1.82, 2.24) is 15.3 Å². The zero-order chi connectivity index (χ0) is 13.5. The molecule has 106 valence electrons. The Kier molecular flexibility index (Phi) is 6.11. The quantitative estimate of drug-likeness (QED) is 0.612. The molecule has 0 amide bonds. The monoisotopic (exact) mass is 279 g/mol. The summed E-state index contributed by atoms with van der Waals surface area (Å²) in [5.41, 5.74) is 1.17. The first-order valence-corrected chi connectivity index (χ1v) is 8.37. The van der Waals surface area contributed by atoms with Crippen molar-refractivity contribution in [1.29, 1.82) is 0 Å². The number of hydrogen-bond acceptors (Lipinski definition) is 4. The SMILES string of the molecule is CC(C)CNCc1cnc(SCC2CCCC2)nc1. The molecule has 1 aliphatic rings. The van der Waals surface area contributed by atoms with E-state index in [0.29, 0.717) is 5.92 Å². The summed E-state index contributed by atoms with van der Waals surface area (Å²) in [6.45, 7) is 6.34. The lowest BCUT2D eigenvalue weighted by atomic mass is 10.1. The van der Waals surface area contributed by atoms with Gasteiger partial charge in [0.1, 0.15) is 0 Å². The molecule has 1 saturated carbocycles. The molecule has 19 heavy (non-hydrogen) atoms. The van der Waals surface area contributed by atoms with E-state index in [9.17, 15) is 0 Å². The molecule has 1 aromatic rings. The molecule has 1 aliphatic carbocycles. The molecule has 1 N–H and O–H groups in total. The predicted octanol–water partition coefficient (Wildman–Crippen LogP) is 3.50. The molecule has 1 fully saturated rings. The summed E-state index contributed by atoms with van der Waals surface area (Å²) in [5.74, 6) is 2.76. The fourth-order valence-corrected chi connectivity index (χ4v) is 3.36. The maximum absolute atomic E-state index is 4.45. The molecule has 0 radical (unpaired) electrons. The molecule has 3 nitrogen and oxygen atoms in total. The standard InChI is InChI=1S/C15H25N3S/c1-12(2)7-16-8-14-9-17-15(18-10-14)19-11-13-5-3-4-6-13/h9-10,12-13,16H,3-8,11H2,1-2H3. The van der Waals surface area contributed by atoms with Crippen LogP contribution in [0.2, 0.25) is 0 Å². The molecule has 1 heterocycles. The van der Waals surface area contributed by atoms with Gasteiger partial charge in [0.05, 0.1) is 0 Å². The van der Waals surface area contributed by atoms with Gasteiger partial charge in [-0.2, -0.15) is 0 Å². The van der Waals surface area contributed by atoms with Crippen molar-refractivity contribution in [2.45, 2.75) is 51.2 Å². The highest BCUT2D eigenvalue weighted by atomic mass is 32.2. The minimum atomic E-state index is 0.683. The number of nitrogens with one attached hydrogen (secondary N) is 1. The Morgan fingerprint density at radius 3 is 2.58 bits per heavy atom. The Hall–Kier alpha value is -0.610. The van der Waals surface area contributed by atoms with Crippen LogP contribution >= 0.6 is 11.8 Å². The molecule has 0 atom stereocenters. The Labute approximate surface area is 121 Å². The summed E-state index contributed by atoms with van der Waals surface area (Å²) in [7, 11) is 0. The van der Waals surface area contributed by atoms with Crippen molar-refractivity contribution in [3.63, 3.8) is 0 Å². The van der Waals surface area contributed by atoms with Gasteiger partial charge in [0.15, 0.2) is 5.16 Å². The topological polar surface area (TPSA) is 37.8 Å². The summed E-state index contributed by atoms with van der Waals surface area (Å²) >= 11 is 1.81. The first-order valence-electron chi connectivity index (χ1n) is 7.38. The van der Waals surface area contributed by atoms with Gasteiger partial charge < -0.3 is 5.32 Å². The van der Waals surface area contributed by atoms with Crippen molar-refractivity contribution in [2.24, 2.45) is 11.8 Å². The van der Waals surface area contributed by atoms with E-state index in [-0.39, 0.29) is 0 Å². The normalized spacial score (nSPS) is 16.4. The number of aromatic nitrogens is 2. The molecule has 1 aromatic heterocycles. The number of nitrogens with zero attached hydrogens (tertiary/aromatic N) is 2. The summed E-state index contributed by atoms with van der Waals surface area (Å²) in [4.78, 5) is 8.90. The molecule has 0 unspecified atom stereocenters. The molecule has 0 bridgehead atoms. The van der Waals surface area contributed by atoms with Gasteiger partial charge in [-0.15, -0.1) is 0 Å². The minimum absolute atomic E-state index is 0.683. The van der Waals surface area contributed by atoms with Crippen LogP contribution in [-0.2, 0) is 6.54 Å². The first kappa shape index (κ1) is 14.8. The van der Waals surface area contributed by atoms with Gasteiger partial charge in [-0.3, -0.25) is 0 Å². The van der Waals surface area contributed by atoms with E-state index in [1.54, 1.807) is 0 Å². The number of rotatable bonds is 7. The lowest BCUT2D eigenvalue weighted by Gasteiger charge is -2.08. The van der Waals surface area contributed by atoms with Gasteiger partial charge in [0.2, 0.25) is 0 Å². The van der Waals surface area contributed by atoms with Crippen molar-refractivity contribution >= 4 is 11.8 Å². The molecule has 0 saturated heterocycles. The highest BCUT2D eigenvalue weighted by Crippen LogP contribution is 2.29. The van der Waals surface area contributed by atoms with E-state index in [2.05, 4.69) is 29.1 Å². The van der Waals surface area contributed by atoms with E-state index in [0.717, 1.165) is 24.2 Å². The maximum atomic E-state index is 4.45. The average molecular weight is 279 g/mol. The fourth-order valence-electron chi connectivity index (χ4n) is 2.38. The van der Waals surface area contributed by atoms with Gasteiger partial charge in [-0.1, -0.05) is 38.5 Å². The molecular weight excluding hydrogens is 254 g/mol. The average Bonchev–Trinajstić information content (AvgIpc) is 2.90. The largest absolute Gasteiger partial charge is 0.312 e. The van der Waals surface area contributed by atoms with Crippen molar-refractivity contribution in [3.8, 4) is 0 Å². The lowest BCUT2D eigenvalue weighted by Crippen LogP contribution is -2.19. The van der Waals surface area contributed by atoms with Gasteiger partial charge in [-0.25, -0.2) is 9.97 Å². The van der Waals surface area contributed by atoms with Gasteiger partial charge in [0.25, 0.3) is 0 Å². The molecular formula is C15H25N3S. The molecule has 0 aromatic carbocycles. The second-order valence-electron chi connectivity index (χ2n) is 5.86. The summed E-state index contributed by atoms with van der Waals surface area (Å²) in [5, 5.41) is 4.34. The van der Waals surface area contributed by atoms with Gasteiger partial charge in [0, 0.05) is 30.3 Å². The Morgan fingerprint density at radius 1 is 1.26 bits per heavy atom. The minimum Gasteiger partial charge on any atom is -0.312 e. The summed E-state index contributed by atoms with van der Waals surface area (Å²) < 4.78 is 0. The summed E-state index contributed by atoms with van der Waals surface area (Å²) in [6, 6.07) is 0. The van der Waals surface area contributed by atoms with E-state index >= 15 is 0 Å². The van der Waals surface area contributed by atoms with E-state index in [4.69, 9.17) is 0 Å². The third-order valence-electron chi connectivity index (χ3n) is 3.49. The van der Waals surface area contributed by atoms with Crippen molar-refractivity contribution < 1.29 is 0 Å². The van der Waals surface area contributed by atoms with Crippen LogP contribution in [-0.4, -0.2) is 22.3 Å². The second-order valence-corrected chi connectivity index (χ2v) is 6.85. The van der Waals surface area contributed by atoms with Crippen LogP contribution in [0.1, 0.15) is 45.1 Å². The molecule has 2 rings (SSSR count). The van der Waals surface area contributed by atoms with Crippen LogP contribution < -0.4 is 5.32 Å². The molecule has 0 spiro atoms. The number of thioether (sulfide) groups is 1. The van der Waals surface area contributed by atoms with E-state index < -0.39 is 0 Å². The fraction of sp³-hybridized carbons (Fsp3) is 0.733. The molecule has 0 aliphatic heterocycles. The van der Waals surface area contributed by atoms with Crippen LogP contribution in [0.4, 0.5) is 0 Å². The number of hydrogen-bond donors (Lipinski definition) is 1. The third kappa shape index (κ3) is 5.49. The van der Waals surface area contributed by atoms with Crippen LogP contribution in [0.15, 0.2) is 17.6 Å². The van der Waals surface area contributed by atoms with Crippen molar-refractivity contribution in [3.05, 3.63) is 18.0 Å². The third-order valence-corrected chi connectivity index (χ3v) is 4.59. The zero-order valence-electron chi connectivity index (χ0n) is 12.1. The van der Waals surface area contributed by atoms with E-state index in [1.165, 1.54) is 37.0 Å². The Bertz CT molecular complexity index is 358. The van der Waals surface area contributed by atoms with Gasteiger partial charge >= 0.3 is 0 Å². The Morgan fingerprint density at radius 2 is 1.95 bits per heavy atom. The predicted molar refractivity (Wildman–Crippen MR) is 81.3 cm³/mol. The highest BCUT2D eigenvalue weighted by molar-refractivity contribution is 7.99. The van der Waals surface area contributed by atoms with Crippen LogP contribution in [0.25, 0.3) is 0 Å². The lowest BCUT2D eigenvalue weighted by molar-refractivity contribution is 0.550. The first-order chi connectivity index (χ1) is 9.24.